The van der Waals surface area contributed by atoms with Crippen LogP contribution in [-0.2, 0) is 22.5 Å². The summed E-state index contributed by atoms with van der Waals surface area (Å²) in [5.74, 6) is 1.00. The van der Waals surface area contributed by atoms with E-state index in [0.717, 1.165) is 42.5 Å². The summed E-state index contributed by atoms with van der Waals surface area (Å²) in [7, 11) is 0. The van der Waals surface area contributed by atoms with Gasteiger partial charge in [0.2, 0.25) is 0 Å². The van der Waals surface area contributed by atoms with E-state index in [2.05, 4.69) is 17.1 Å². The van der Waals surface area contributed by atoms with E-state index in [1.165, 1.54) is 11.3 Å². The maximum atomic E-state index is 12.9. The van der Waals surface area contributed by atoms with Crippen molar-refractivity contribution in [3.8, 4) is 5.75 Å². The minimum atomic E-state index is -0.639. The Kier molecular flexibility index (Phi) is 3.76. The van der Waals surface area contributed by atoms with E-state index in [1.807, 2.05) is 24.8 Å². The van der Waals surface area contributed by atoms with Gasteiger partial charge in [-0.2, -0.15) is 0 Å². The standard InChI is InChI=1S/C19H24N2O3/c1-3-23-13-5-6-16-14(11-13)15-12-21(9-7-17(15)20-16)18(22)19(2)8-4-10-24-19/h5-6,11,20H,3-4,7-10,12H2,1-2H3/t19-/m1/s1. The van der Waals surface area contributed by atoms with Crippen molar-refractivity contribution in [1.29, 1.82) is 0 Å². The lowest BCUT2D eigenvalue weighted by Gasteiger charge is -2.33. The number of carbonyl (C=O) groups is 1. The summed E-state index contributed by atoms with van der Waals surface area (Å²) in [6.45, 7) is 6.64. The number of H-pyrrole nitrogens is 1. The van der Waals surface area contributed by atoms with Crippen molar-refractivity contribution in [3.63, 3.8) is 0 Å². The molecule has 0 aliphatic carbocycles. The van der Waals surface area contributed by atoms with Crippen LogP contribution in [0.3, 0.4) is 0 Å². The maximum absolute atomic E-state index is 12.9. The molecule has 1 fully saturated rings. The molecular formula is C19H24N2O3. The molecule has 24 heavy (non-hydrogen) atoms. The zero-order chi connectivity index (χ0) is 16.7. The Morgan fingerprint density at radius 2 is 2.33 bits per heavy atom. The van der Waals surface area contributed by atoms with Gasteiger partial charge in [0.15, 0.2) is 0 Å². The van der Waals surface area contributed by atoms with Crippen molar-refractivity contribution >= 4 is 16.8 Å². The third-order valence-electron chi connectivity index (χ3n) is 5.22. The van der Waals surface area contributed by atoms with Crippen LogP contribution in [0.15, 0.2) is 18.2 Å². The van der Waals surface area contributed by atoms with Crippen molar-refractivity contribution in [1.82, 2.24) is 9.88 Å². The van der Waals surface area contributed by atoms with Crippen LogP contribution in [0.5, 0.6) is 5.75 Å². The lowest BCUT2D eigenvalue weighted by Crippen LogP contribution is -2.48. The summed E-state index contributed by atoms with van der Waals surface area (Å²) in [6.07, 6.45) is 2.64. The number of amides is 1. The molecule has 1 aromatic heterocycles. The smallest absolute Gasteiger partial charge is 0.254 e. The molecule has 5 nitrogen and oxygen atoms in total. The van der Waals surface area contributed by atoms with Crippen LogP contribution in [0.4, 0.5) is 0 Å². The largest absolute Gasteiger partial charge is 0.494 e. The number of aromatic nitrogens is 1. The molecule has 3 heterocycles. The average molecular weight is 328 g/mol. The molecule has 128 valence electrons. The third-order valence-corrected chi connectivity index (χ3v) is 5.22. The summed E-state index contributed by atoms with van der Waals surface area (Å²) < 4.78 is 11.4. The van der Waals surface area contributed by atoms with E-state index in [1.54, 1.807) is 0 Å². The number of fused-ring (bicyclic) bond motifs is 3. The Balaban J connectivity index is 1.64. The van der Waals surface area contributed by atoms with Gasteiger partial charge in [0.1, 0.15) is 11.4 Å². The first kappa shape index (κ1) is 15.5. The fraction of sp³-hybridized carbons (Fsp3) is 0.526. The second-order valence-electron chi connectivity index (χ2n) is 6.88. The highest BCUT2D eigenvalue weighted by Crippen LogP contribution is 2.33. The van der Waals surface area contributed by atoms with E-state index >= 15 is 0 Å². The quantitative estimate of drug-likeness (QED) is 0.942. The Morgan fingerprint density at radius 1 is 1.46 bits per heavy atom. The molecule has 1 atom stereocenters. The molecule has 2 aliphatic heterocycles. The maximum Gasteiger partial charge on any atom is 0.254 e. The van der Waals surface area contributed by atoms with Gasteiger partial charge in [-0.1, -0.05) is 0 Å². The molecule has 1 amide bonds. The SMILES string of the molecule is CCOc1ccc2[nH]c3c(c2c1)CN(C(=O)[C@@]1(C)CCCO1)CC3. The fourth-order valence-corrected chi connectivity index (χ4v) is 3.91. The number of nitrogens with one attached hydrogen (secondary N) is 1. The van der Waals surface area contributed by atoms with E-state index < -0.39 is 5.60 Å². The number of aromatic amines is 1. The first-order chi connectivity index (χ1) is 11.6. The number of rotatable bonds is 3. The van der Waals surface area contributed by atoms with Crippen LogP contribution in [0.25, 0.3) is 10.9 Å². The molecule has 2 aliphatic rings. The predicted octanol–water partition coefficient (Wildman–Crippen LogP) is 3.02. The van der Waals surface area contributed by atoms with E-state index in [-0.39, 0.29) is 5.91 Å². The number of carbonyl (C=O) groups excluding carboxylic acids is 1. The van der Waals surface area contributed by atoms with Crippen molar-refractivity contribution in [3.05, 3.63) is 29.5 Å². The summed E-state index contributed by atoms with van der Waals surface area (Å²) in [6, 6.07) is 6.13. The molecule has 1 saturated heterocycles. The lowest BCUT2D eigenvalue weighted by molar-refractivity contribution is -0.152. The van der Waals surface area contributed by atoms with Crippen LogP contribution in [0, 0.1) is 0 Å². The van der Waals surface area contributed by atoms with Crippen molar-refractivity contribution in [2.75, 3.05) is 19.8 Å². The van der Waals surface area contributed by atoms with Crippen molar-refractivity contribution in [2.45, 2.75) is 45.3 Å². The van der Waals surface area contributed by atoms with Gasteiger partial charge in [-0.15, -0.1) is 0 Å². The van der Waals surface area contributed by atoms with Gasteiger partial charge in [0, 0.05) is 48.3 Å². The molecule has 1 N–H and O–H groups in total. The molecule has 0 unspecified atom stereocenters. The summed E-state index contributed by atoms with van der Waals surface area (Å²) >= 11 is 0. The summed E-state index contributed by atoms with van der Waals surface area (Å²) in [4.78, 5) is 18.4. The Bertz CT molecular complexity index is 774. The van der Waals surface area contributed by atoms with Crippen LogP contribution in [0.1, 0.15) is 37.9 Å². The Labute approximate surface area is 141 Å². The molecule has 0 saturated carbocycles. The van der Waals surface area contributed by atoms with Crippen LogP contribution in [0.2, 0.25) is 0 Å². The number of hydrogen-bond donors (Lipinski definition) is 1. The monoisotopic (exact) mass is 328 g/mol. The number of nitrogens with zero attached hydrogens (tertiary/aromatic N) is 1. The van der Waals surface area contributed by atoms with Gasteiger partial charge >= 0.3 is 0 Å². The summed E-state index contributed by atoms with van der Waals surface area (Å²) in [5, 5.41) is 1.16. The Morgan fingerprint density at radius 3 is 3.08 bits per heavy atom. The van der Waals surface area contributed by atoms with Crippen LogP contribution >= 0.6 is 0 Å². The molecule has 0 radical (unpaired) electrons. The van der Waals surface area contributed by atoms with E-state index in [9.17, 15) is 4.79 Å². The zero-order valence-corrected chi connectivity index (χ0v) is 14.4. The van der Waals surface area contributed by atoms with Crippen LogP contribution < -0.4 is 4.74 Å². The van der Waals surface area contributed by atoms with Gasteiger partial charge in [-0.05, 0) is 44.9 Å². The van der Waals surface area contributed by atoms with Gasteiger partial charge in [-0.25, -0.2) is 0 Å². The van der Waals surface area contributed by atoms with Gasteiger partial charge in [-0.3, -0.25) is 4.79 Å². The average Bonchev–Trinajstić information content (AvgIpc) is 3.18. The second kappa shape index (κ2) is 5.81. The van der Waals surface area contributed by atoms with Crippen LogP contribution in [-0.4, -0.2) is 41.2 Å². The minimum absolute atomic E-state index is 0.126. The fourth-order valence-electron chi connectivity index (χ4n) is 3.91. The van der Waals surface area contributed by atoms with Crippen molar-refractivity contribution < 1.29 is 14.3 Å². The molecule has 1 aromatic carbocycles. The van der Waals surface area contributed by atoms with E-state index in [4.69, 9.17) is 9.47 Å². The third kappa shape index (κ3) is 2.47. The molecule has 2 aromatic rings. The summed E-state index contributed by atoms with van der Waals surface area (Å²) in [5.41, 5.74) is 2.93. The second-order valence-corrected chi connectivity index (χ2v) is 6.88. The zero-order valence-electron chi connectivity index (χ0n) is 14.4. The van der Waals surface area contributed by atoms with Gasteiger partial charge in [0.05, 0.1) is 6.61 Å². The highest BCUT2D eigenvalue weighted by Gasteiger charge is 2.41. The van der Waals surface area contributed by atoms with Crippen molar-refractivity contribution in [2.24, 2.45) is 0 Å². The highest BCUT2D eigenvalue weighted by atomic mass is 16.5. The Hall–Kier alpha value is -2.01. The lowest BCUT2D eigenvalue weighted by atomic mass is 9.98. The van der Waals surface area contributed by atoms with E-state index in [0.29, 0.717) is 19.8 Å². The number of benzene rings is 1. The molecular weight excluding hydrogens is 304 g/mol. The number of hydrogen-bond acceptors (Lipinski definition) is 3. The number of ether oxygens (including phenoxy) is 2. The van der Waals surface area contributed by atoms with Gasteiger partial charge in [0.25, 0.3) is 5.91 Å². The molecule has 0 bridgehead atoms. The molecule has 5 heteroatoms. The highest BCUT2D eigenvalue weighted by molar-refractivity contribution is 5.89. The van der Waals surface area contributed by atoms with Gasteiger partial charge < -0.3 is 19.4 Å². The topological polar surface area (TPSA) is 54.6 Å². The minimum Gasteiger partial charge on any atom is -0.494 e. The predicted molar refractivity (Wildman–Crippen MR) is 92.2 cm³/mol. The first-order valence-electron chi connectivity index (χ1n) is 8.80. The first-order valence-corrected chi connectivity index (χ1v) is 8.80. The molecule has 0 spiro atoms. The molecule has 4 rings (SSSR count). The normalized spacial score (nSPS) is 23.5.